The molecule has 0 saturated carbocycles. The van der Waals surface area contributed by atoms with E-state index in [0.29, 0.717) is 12.5 Å². The Morgan fingerprint density at radius 3 is 2.88 bits per heavy atom. The molecule has 1 aliphatic rings. The molecule has 16 heavy (non-hydrogen) atoms. The minimum absolute atomic E-state index is 0.325. The molecular weight excluding hydrogens is 202 g/mol. The molecule has 1 aromatic rings. The van der Waals surface area contributed by atoms with Crippen molar-refractivity contribution in [2.45, 2.75) is 12.8 Å². The maximum absolute atomic E-state index is 9.09. The molecule has 0 unspecified atom stereocenters. The second-order valence-corrected chi connectivity index (χ2v) is 4.26. The zero-order chi connectivity index (χ0) is 11.4. The lowest BCUT2D eigenvalue weighted by atomic mass is 9.97. The van der Waals surface area contributed by atoms with Gasteiger partial charge in [0, 0.05) is 44.7 Å². The summed E-state index contributed by atoms with van der Waals surface area (Å²) in [5.41, 5.74) is 1.22. The van der Waals surface area contributed by atoms with Crippen molar-refractivity contribution in [3.05, 3.63) is 18.3 Å². The highest BCUT2D eigenvalue weighted by molar-refractivity contribution is 5.53. The SMILES string of the molecule is CNc1cc(N2CCC(CO)CC2)ccn1. The van der Waals surface area contributed by atoms with E-state index in [-0.39, 0.29) is 0 Å². The number of anilines is 2. The van der Waals surface area contributed by atoms with E-state index in [9.17, 15) is 0 Å². The van der Waals surface area contributed by atoms with E-state index in [1.165, 1.54) is 5.69 Å². The summed E-state index contributed by atoms with van der Waals surface area (Å²) in [4.78, 5) is 6.56. The number of hydrogen-bond acceptors (Lipinski definition) is 4. The Morgan fingerprint density at radius 2 is 2.25 bits per heavy atom. The van der Waals surface area contributed by atoms with E-state index < -0.39 is 0 Å². The number of aliphatic hydroxyl groups is 1. The third-order valence-corrected chi connectivity index (χ3v) is 3.24. The maximum atomic E-state index is 9.09. The van der Waals surface area contributed by atoms with Crippen molar-refractivity contribution >= 4 is 11.5 Å². The summed E-state index contributed by atoms with van der Waals surface area (Å²) in [7, 11) is 1.88. The number of nitrogens with zero attached hydrogens (tertiary/aromatic N) is 2. The van der Waals surface area contributed by atoms with Crippen LogP contribution in [-0.4, -0.2) is 36.8 Å². The minimum atomic E-state index is 0.325. The summed E-state index contributed by atoms with van der Waals surface area (Å²) in [5.74, 6) is 1.39. The van der Waals surface area contributed by atoms with E-state index in [1.54, 1.807) is 0 Å². The van der Waals surface area contributed by atoms with Crippen molar-refractivity contribution in [3.63, 3.8) is 0 Å². The fraction of sp³-hybridized carbons (Fsp3) is 0.583. The summed E-state index contributed by atoms with van der Waals surface area (Å²) in [5, 5.41) is 12.1. The molecule has 0 spiro atoms. The molecule has 0 bridgehead atoms. The third kappa shape index (κ3) is 2.44. The van der Waals surface area contributed by atoms with Crippen LogP contribution in [-0.2, 0) is 0 Å². The van der Waals surface area contributed by atoms with Gasteiger partial charge in [-0.15, -0.1) is 0 Å². The minimum Gasteiger partial charge on any atom is -0.396 e. The van der Waals surface area contributed by atoms with Gasteiger partial charge in [0.25, 0.3) is 0 Å². The predicted molar refractivity (Wildman–Crippen MR) is 65.8 cm³/mol. The number of hydrogen-bond donors (Lipinski definition) is 2. The number of pyridine rings is 1. The normalized spacial score (nSPS) is 17.5. The summed E-state index contributed by atoms with van der Waals surface area (Å²) in [6, 6.07) is 4.11. The number of piperidine rings is 1. The molecule has 0 radical (unpaired) electrons. The van der Waals surface area contributed by atoms with Crippen LogP contribution in [0.3, 0.4) is 0 Å². The average Bonchev–Trinajstić information content (AvgIpc) is 2.39. The van der Waals surface area contributed by atoms with Crippen LogP contribution >= 0.6 is 0 Å². The molecule has 0 aromatic carbocycles. The largest absolute Gasteiger partial charge is 0.396 e. The summed E-state index contributed by atoms with van der Waals surface area (Å²) in [6.45, 7) is 2.38. The van der Waals surface area contributed by atoms with Crippen molar-refractivity contribution in [1.82, 2.24) is 4.98 Å². The highest BCUT2D eigenvalue weighted by Gasteiger charge is 2.18. The fourth-order valence-corrected chi connectivity index (χ4v) is 2.13. The number of rotatable bonds is 3. The van der Waals surface area contributed by atoms with Crippen molar-refractivity contribution in [2.75, 3.05) is 37.0 Å². The molecule has 0 atom stereocenters. The highest BCUT2D eigenvalue weighted by atomic mass is 16.3. The van der Waals surface area contributed by atoms with Crippen LogP contribution in [0, 0.1) is 5.92 Å². The lowest BCUT2D eigenvalue weighted by Gasteiger charge is -2.32. The topological polar surface area (TPSA) is 48.4 Å². The molecule has 88 valence electrons. The molecule has 0 amide bonds. The van der Waals surface area contributed by atoms with E-state index >= 15 is 0 Å². The predicted octanol–water partition coefficient (Wildman–Crippen LogP) is 1.33. The first-order chi connectivity index (χ1) is 7.83. The van der Waals surface area contributed by atoms with Gasteiger partial charge in [0.2, 0.25) is 0 Å². The molecule has 2 rings (SSSR count). The van der Waals surface area contributed by atoms with Crippen LogP contribution in [0.2, 0.25) is 0 Å². The van der Waals surface area contributed by atoms with Crippen molar-refractivity contribution in [1.29, 1.82) is 0 Å². The molecule has 4 nitrogen and oxygen atoms in total. The molecule has 0 aliphatic carbocycles. The number of aromatic nitrogens is 1. The molecule has 2 N–H and O–H groups in total. The molecule has 1 aliphatic heterocycles. The zero-order valence-corrected chi connectivity index (χ0v) is 9.69. The van der Waals surface area contributed by atoms with E-state index in [2.05, 4.69) is 21.3 Å². The third-order valence-electron chi connectivity index (χ3n) is 3.24. The standard InChI is InChI=1S/C12H19N3O/c1-13-12-8-11(2-5-14-12)15-6-3-10(9-16)4-7-15/h2,5,8,10,16H,3-4,6-7,9H2,1H3,(H,13,14). The number of nitrogens with one attached hydrogen (secondary N) is 1. The first kappa shape index (κ1) is 11.2. The van der Waals surface area contributed by atoms with Crippen LogP contribution in [0.4, 0.5) is 11.5 Å². The molecule has 4 heteroatoms. The monoisotopic (exact) mass is 221 g/mol. The van der Waals surface area contributed by atoms with E-state index in [0.717, 1.165) is 31.7 Å². The van der Waals surface area contributed by atoms with Gasteiger partial charge < -0.3 is 15.3 Å². The first-order valence-electron chi connectivity index (χ1n) is 5.83. The molecule has 1 fully saturated rings. The van der Waals surface area contributed by atoms with E-state index in [4.69, 9.17) is 5.11 Å². The first-order valence-corrected chi connectivity index (χ1v) is 5.83. The van der Waals surface area contributed by atoms with Crippen molar-refractivity contribution in [3.8, 4) is 0 Å². The van der Waals surface area contributed by atoms with Crippen molar-refractivity contribution in [2.24, 2.45) is 5.92 Å². The van der Waals surface area contributed by atoms with Gasteiger partial charge in [0.05, 0.1) is 0 Å². The average molecular weight is 221 g/mol. The van der Waals surface area contributed by atoms with Crippen LogP contribution in [0.15, 0.2) is 18.3 Å². The van der Waals surface area contributed by atoms with Crippen LogP contribution < -0.4 is 10.2 Å². The Bertz CT molecular complexity index is 335. The summed E-state index contributed by atoms with van der Waals surface area (Å²) < 4.78 is 0. The van der Waals surface area contributed by atoms with Crippen molar-refractivity contribution < 1.29 is 5.11 Å². The van der Waals surface area contributed by atoms with E-state index in [1.807, 2.05) is 19.3 Å². The highest BCUT2D eigenvalue weighted by Crippen LogP contribution is 2.23. The molecule has 1 aromatic heterocycles. The van der Waals surface area contributed by atoms with Gasteiger partial charge in [-0.2, -0.15) is 0 Å². The van der Waals surface area contributed by atoms with Crippen LogP contribution in [0.5, 0.6) is 0 Å². The molecule has 2 heterocycles. The van der Waals surface area contributed by atoms with Gasteiger partial charge in [0.15, 0.2) is 0 Å². The molecule has 1 saturated heterocycles. The number of aliphatic hydroxyl groups excluding tert-OH is 1. The Balaban J connectivity index is 2.02. The van der Waals surface area contributed by atoms with Gasteiger partial charge >= 0.3 is 0 Å². The lowest BCUT2D eigenvalue weighted by Crippen LogP contribution is -2.34. The Kier molecular flexibility index (Phi) is 3.62. The van der Waals surface area contributed by atoms with Gasteiger partial charge in [-0.05, 0) is 24.8 Å². The fourth-order valence-electron chi connectivity index (χ4n) is 2.13. The zero-order valence-electron chi connectivity index (χ0n) is 9.69. The summed E-state index contributed by atoms with van der Waals surface area (Å²) in [6.07, 6.45) is 3.99. The van der Waals surface area contributed by atoms with Gasteiger partial charge in [-0.1, -0.05) is 0 Å². The second kappa shape index (κ2) is 5.16. The Morgan fingerprint density at radius 1 is 1.50 bits per heavy atom. The lowest BCUT2D eigenvalue weighted by molar-refractivity contribution is 0.203. The van der Waals surface area contributed by atoms with Gasteiger partial charge in [-0.3, -0.25) is 0 Å². The molecular formula is C12H19N3O. The Labute approximate surface area is 96.3 Å². The smallest absolute Gasteiger partial charge is 0.127 e. The quantitative estimate of drug-likeness (QED) is 0.808. The van der Waals surface area contributed by atoms with Gasteiger partial charge in [-0.25, -0.2) is 4.98 Å². The van der Waals surface area contributed by atoms with Crippen LogP contribution in [0.25, 0.3) is 0 Å². The Hall–Kier alpha value is -1.29. The van der Waals surface area contributed by atoms with Gasteiger partial charge in [0.1, 0.15) is 5.82 Å². The van der Waals surface area contributed by atoms with Crippen LogP contribution in [0.1, 0.15) is 12.8 Å². The maximum Gasteiger partial charge on any atom is 0.127 e. The second-order valence-electron chi connectivity index (χ2n) is 4.26. The summed E-state index contributed by atoms with van der Waals surface area (Å²) >= 11 is 0.